The van der Waals surface area contributed by atoms with Crippen molar-refractivity contribution in [3.05, 3.63) is 70.2 Å². The number of hydrogen-bond acceptors (Lipinski definition) is 8. The van der Waals surface area contributed by atoms with Gasteiger partial charge in [-0.1, -0.05) is 23.7 Å². The van der Waals surface area contributed by atoms with Crippen LogP contribution < -0.4 is 20.8 Å². The second-order valence-corrected chi connectivity index (χ2v) is 10.1. The Morgan fingerprint density at radius 2 is 1.94 bits per heavy atom. The molecule has 0 bridgehead atoms. The predicted molar refractivity (Wildman–Crippen MR) is 139 cm³/mol. The number of ether oxygens (including phenoxy) is 3. The number of benzene rings is 2. The van der Waals surface area contributed by atoms with Gasteiger partial charge < -0.3 is 19.9 Å². The number of nitrogens with two attached hydrogens (primary N) is 1. The van der Waals surface area contributed by atoms with Crippen LogP contribution in [0.5, 0.6) is 11.5 Å². The molecule has 0 amide bonds. The van der Waals surface area contributed by atoms with Crippen molar-refractivity contribution in [2.24, 2.45) is 5.73 Å². The van der Waals surface area contributed by atoms with E-state index in [4.69, 9.17) is 31.5 Å². The van der Waals surface area contributed by atoms with Gasteiger partial charge >= 0.3 is 5.97 Å². The molecule has 0 saturated heterocycles. The molecule has 1 fully saturated rings. The molecule has 2 aromatic carbocycles. The zero-order chi connectivity index (χ0) is 25.3. The number of hydrogen-bond donors (Lipinski definition) is 1. The Labute approximate surface area is 216 Å². The molecule has 8 nitrogen and oxygen atoms in total. The summed E-state index contributed by atoms with van der Waals surface area (Å²) in [5.74, 6) is 0.488. The molecule has 1 saturated carbocycles. The van der Waals surface area contributed by atoms with Crippen LogP contribution in [0.4, 0.5) is 0 Å². The average Bonchev–Trinajstić information content (AvgIpc) is 3.31. The summed E-state index contributed by atoms with van der Waals surface area (Å²) in [5, 5.41) is 0.654. The first-order valence-electron chi connectivity index (χ1n) is 11.4. The van der Waals surface area contributed by atoms with E-state index in [1.54, 1.807) is 18.2 Å². The van der Waals surface area contributed by atoms with E-state index in [0.717, 1.165) is 29.7 Å². The van der Waals surface area contributed by atoms with E-state index in [-0.39, 0.29) is 18.7 Å². The molecule has 2 N–H and O–H groups in total. The highest BCUT2D eigenvalue weighted by Crippen LogP contribution is 2.38. The van der Waals surface area contributed by atoms with Gasteiger partial charge in [-0.2, -0.15) is 0 Å². The summed E-state index contributed by atoms with van der Waals surface area (Å²) in [5.41, 5.74) is 6.75. The zero-order valence-electron chi connectivity index (χ0n) is 19.5. The number of fused-ring (bicyclic) bond motifs is 1. The molecule has 2 heterocycles. The molecule has 0 spiro atoms. The van der Waals surface area contributed by atoms with Crippen LogP contribution in [0.2, 0.25) is 5.02 Å². The molecule has 1 aliphatic rings. The lowest BCUT2D eigenvalue weighted by Gasteiger charge is -2.40. The van der Waals surface area contributed by atoms with Crippen molar-refractivity contribution in [1.29, 1.82) is 0 Å². The molecule has 0 aliphatic heterocycles. The second-order valence-electron chi connectivity index (χ2n) is 8.59. The molecule has 36 heavy (non-hydrogen) atoms. The van der Waals surface area contributed by atoms with Crippen LogP contribution in [0, 0.1) is 0 Å². The van der Waals surface area contributed by atoms with E-state index in [1.165, 1.54) is 29.3 Å². The monoisotopic (exact) mass is 525 g/mol. The summed E-state index contributed by atoms with van der Waals surface area (Å²) >= 11 is 7.39. The Hall–Kier alpha value is -3.40. The summed E-state index contributed by atoms with van der Waals surface area (Å²) in [6.45, 7) is 0.0307. The van der Waals surface area contributed by atoms with Gasteiger partial charge in [0.1, 0.15) is 23.2 Å². The van der Waals surface area contributed by atoms with Crippen molar-refractivity contribution in [1.82, 2.24) is 9.55 Å². The molecule has 4 aromatic rings. The topological polar surface area (TPSA) is 106 Å². The van der Waals surface area contributed by atoms with Crippen LogP contribution in [-0.4, -0.2) is 41.4 Å². The summed E-state index contributed by atoms with van der Waals surface area (Å²) in [4.78, 5) is 30.5. The minimum atomic E-state index is -0.660. The fourth-order valence-electron chi connectivity index (χ4n) is 4.12. The first-order chi connectivity index (χ1) is 17.4. The number of esters is 1. The van der Waals surface area contributed by atoms with E-state index in [9.17, 15) is 9.59 Å². The predicted octanol–water partition coefficient (Wildman–Crippen LogP) is 4.58. The van der Waals surface area contributed by atoms with Crippen LogP contribution in [0.3, 0.4) is 0 Å². The molecule has 2 aromatic heterocycles. The minimum Gasteiger partial charge on any atom is -0.493 e. The van der Waals surface area contributed by atoms with E-state index in [0.29, 0.717) is 32.4 Å². The van der Waals surface area contributed by atoms with Crippen molar-refractivity contribution in [2.45, 2.75) is 24.9 Å². The van der Waals surface area contributed by atoms with Gasteiger partial charge in [-0.05, 0) is 55.2 Å². The lowest BCUT2D eigenvalue weighted by Crippen LogP contribution is -2.48. The number of halogens is 1. The first-order valence-corrected chi connectivity index (χ1v) is 12.6. The Morgan fingerprint density at radius 3 is 2.61 bits per heavy atom. The van der Waals surface area contributed by atoms with Gasteiger partial charge in [0.2, 0.25) is 0 Å². The largest absolute Gasteiger partial charge is 0.493 e. The number of aromatic nitrogens is 2. The molecular formula is C26H24ClN3O5S. The summed E-state index contributed by atoms with van der Waals surface area (Å²) in [7, 11) is 1.53. The Bertz CT molecular complexity index is 1480. The molecule has 186 valence electrons. The maximum Gasteiger partial charge on any atom is 0.320 e. The van der Waals surface area contributed by atoms with Crippen molar-refractivity contribution in [3.63, 3.8) is 0 Å². The summed E-state index contributed by atoms with van der Waals surface area (Å²) in [6, 6.07) is 14.6. The second kappa shape index (κ2) is 9.93. The minimum absolute atomic E-state index is 0.168. The van der Waals surface area contributed by atoms with E-state index >= 15 is 0 Å². The molecule has 1 aliphatic carbocycles. The van der Waals surface area contributed by atoms with Gasteiger partial charge in [0.15, 0.2) is 11.5 Å². The van der Waals surface area contributed by atoms with Crippen molar-refractivity contribution in [2.75, 3.05) is 20.3 Å². The smallest absolute Gasteiger partial charge is 0.320 e. The number of rotatable bonds is 8. The number of carbonyl (C=O) groups is 1. The Kier molecular flexibility index (Phi) is 6.70. The molecule has 0 unspecified atom stereocenters. The molecule has 5 rings (SSSR count). The third kappa shape index (κ3) is 4.69. The van der Waals surface area contributed by atoms with Crippen LogP contribution in [-0.2, 0) is 9.53 Å². The van der Waals surface area contributed by atoms with Crippen LogP contribution in [0.25, 0.3) is 26.3 Å². The Balaban J connectivity index is 1.41. The number of carbonyl (C=O) groups excluding carboxylic acids is 1. The molecule has 10 heteroatoms. The lowest BCUT2D eigenvalue weighted by atomic mass is 9.80. The van der Waals surface area contributed by atoms with Gasteiger partial charge in [0.05, 0.1) is 24.9 Å². The van der Waals surface area contributed by atoms with Gasteiger partial charge in [0.25, 0.3) is 5.56 Å². The maximum atomic E-state index is 13.3. The van der Waals surface area contributed by atoms with Crippen molar-refractivity contribution < 1.29 is 19.0 Å². The average molecular weight is 526 g/mol. The van der Waals surface area contributed by atoms with Crippen LogP contribution >= 0.6 is 22.9 Å². The highest BCUT2D eigenvalue weighted by Gasteiger charge is 2.42. The fourth-order valence-corrected chi connectivity index (χ4v) is 5.29. The number of methoxy groups -OCH3 is 1. The van der Waals surface area contributed by atoms with E-state index in [1.807, 2.05) is 30.3 Å². The quantitative estimate of drug-likeness (QED) is 0.336. The molecule has 0 atom stereocenters. The third-order valence-corrected chi connectivity index (χ3v) is 7.66. The van der Waals surface area contributed by atoms with E-state index in [2.05, 4.69) is 4.98 Å². The summed E-state index contributed by atoms with van der Waals surface area (Å²) < 4.78 is 19.1. The number of thiophene rings is 1. The lowest BCUT2D eigenvalue weighted by molar-refractivity contribution is -0.172. The van der Waals surface area contributed by atoms with Gasteiger partial charge in [-0.25, -0.2) is 4.98 Å². The fraction of sp³-hybridized carbons (Fsp3) is 0.269. The standard InChI is InChI=1S/C26H24ClN3O5S/c1-33-21-11-18(7-8-20(21)34-14-26(9-2-10-26)35-23(31)13-28)30-15-29-19-12-22(36-24(19)25(30)32)16-3-5-17(27)6-4-16/h3-8,11-12,15H,2,9-10,13-14,28H2,1H3. The third-order valence-electron chi connectivity index (χ3n) is 6.24. The van der Waals surface area contributed by atoms with Crippen LogP contribution in [0.1, 0.15) is 19.3 Å². The van der Waals surface area contributed by atoms with Gasteiger partial charge in [0, 0.05) is 16.0 Å². The normalized spacial score (nSPS) is 14.3. The maximum absolute atomic E-state index is 13.3. The highest BCUT2D eigenvalue weighted by atomic mass is 35.5. The van der Waals surface area contributed by atoms with Gasteiger partial charge in [-0.15, -0.1) is 11.3 Å². The van der Waals surface area contributed by atoms with Crippen molar-refractivity contribution >= 4 is 39.1 Å². The Morgan fingerprint density at radius 1 is 1.17 bits per heavy atom. The van der Waals surface area contributed by atoms with Crippen molar-refractivity contribution in [3.8, 4) is 27.6 Å². The number of nitrogens with zero attached hydrogens (tertiary/aromatic N) is 2. The zero-order valence-corrected chi connectivity index (χ0v) is 21.1. The summed E-state index contributed by atoms with van der Waals surface area (Å²) in [6.07, 6.45) is 3.91. The van der Waals surface area contributed by atoms with E-state index < -0.39 is 11.6 Å². The SMILES string of the molecule is COc1cc(-n2cnc3cc(-c4ccc(Cl)cc4)sc3c2=O)ccc1OCC1(OC(=O)CN)CCC1. The first kappa shape index (κ1) is 24.3. The highest BCUT2D eigenvalue weighted by molar-refractivity contribution is 7.22. The van der Waals surface area contributed by atoms with Gasteiger partial charge in [-0.3, -0.25) is 14.2 Å². The van der Waals surface area contributed by atoms with Crippen LogP contribution in [0.15, 0.2) is 59.7 Å². The molecule has 0 radical (unpaired) electrons. The molecular weight excluding hydrogens is 502 g/mol.